The minimum atomic E-state index is -0.311. The van der Waals surface area contributed by atoms with Gasteiger partial charge in [-0.3, -0.25) is 4.79 Å². The van der Waals surface area contributed by atoms with E-state index in [2.05, 4.69) is 20.3 Å². The minimum Gasteiger partial charge on any atom is -0.338 e. The highest BCUT2D eigenvalue weighted by Crippen LogP contribution is 2.23. The highest BCUT2D eigenvalue weighted by Gasteiger charge is 2.09. The van der Waals surface area contributed by atoms with Crippen LogP contribution in [0, 0.1) is 5.82 Å². The molecule has 0 saturated carbocycles. The van der Waals surface area contributed by atoms with E-state index in [0.717, 1.165) is 11.3 Å². The molecule has 0 unspecified atom stereocenters. The first-order valence-electron chi connectivity index (χ1n) is 9.31. The minimum absolute atomic E-state index is 0.195. The van der Waals surface area contributed by atoms with Gasteiger partial charge in [0.15, 0.2) is 0 Å². The first-order valence-corrected chi connectivity index (χ1v) is 9.31. The van der Waals surface area contributed by atoms with Gasteiger partial charge in [0.2, 0.25) is 0 Å². The third kappa shape index (κ3) is 3.44. The lowest BCUT2D eigenvalue weighted by atomic mass is 10.1. The molecule has 2 heterocycles. The average Bonchev–Trinajstić information content (AvgIpc) is 3.44. The van der Waals surface area contributed by atoms with Crippen molar-refractivity contribution >= 4 is 22.6 Å². The zero-order valence-electron chi connectivity index (χ0n) is 15.7. The van der Waals surface area contributed by atoms with Gasteiger partial charge in [0.05, 0.1) is 17.4 Å². The van der Waals surface area contributed by atoms with Gasteiger partial charge in [-0.25, -0.2) is 14.4 Å². The Morgan fingerprint density at radius 1 is 1.00 bits per heavy atom. The van der Waals surface area contributed by atoms with Crippen molar-refractivity contribution in [2.45, 2.75) is 0 Å². The molecule has 0 bridgehead atoms. The molecule has 0 spiro atoms. The monoisotopic (exact) mass is 397 g/mol. The molecule has 0 aliphatic heterocycles. The predicted octanol–water partition coefficient (Wildman–Crippen LogP) is 4.81. The number of imidazole rings is 2. The van der Waals surface area contributed by atoms with E-state index in [9.17, 15) is 9.18 Å². The average molecular weight is 397 g/mol. The van der Waals surface area contributed by atoms with Crippen molar-refractivity contribution in [3.05, 3.63) is 96.8 Å². The molecule has 0 radical (unpaired) electrons. The van der Waals surface area contributed by atoms with Crippen LogP contribution in [0.5, 0.6) is 0 Å². The lowest BCUT2D eigenvalue weighted by Gasteiger charge is -2.07. The van der Waals surface area contributed by atoms with Gasteiger partial charge < -0.3 is 14.9 Å². The molecule has 0 aliphatic rings. The summed E-state index contributed by atoms with van der Waals surface area (Å²) in [5.74, 6) is 0.136. The SMILES string of the molecule is O=C(Nc1ccc(-c2nc3ccc(F)cc3[nH]2)cc1)c1ccc(-n2ccnc2)cc1. The maximum atomic E-state index is 13.4. The highest BCUT2D eigenvalue weighted by atomic mass is 19.1. The number of rotatable bonds is 4. The van der Waals surface area contributed by atoms with Gasteiger partial charge in [0.25, 0.3) is 5.91 Å². The van der Waals surface area contributed by atoms with Gasteiger partial charge in [0.1, 0.15) is 11.6 Å². The maximum absolute atomic E-state index is 13.4. The van der Waals surface area contributed by atoms with Crippen LogP contribution in [0.4, 0.5) is 10.1 Å². The number of halogens is 1. The molecule has 5 rings (SSSR count). The molecule has 6 nitrogen and oxygen atoms in total. The Kier molecular flexibility index (Phi) is 4.33. The van der Waals surface area contributed by atoms with Crippen LogP contribution in [0.25, 0.3) is 28.1 Å². The van der Waals surface area contributed by atoms with E-state index in [1.807, 2.05) is 35.0 Å². The number of hydrogen-bond donors (Lipinski definition) is 2. The molecule has 0 aliphatic carbocycles. The Bertz CT molecular complexity index is 1320. The van der Waals surface area contributed by atoms with Crippen LogP contribution >= 0.6 is 0 Å². The number of nitrogens with one attached hydrogen (secondary N) is 2. The Balaban J connectivity index is 1.31. The lowest BCUT2D eigenvalue weighted by Crippen LogP contribution is -2.11. The second-order valence-electron chi connectivity index (χ2n) is 6.80. The Hall–Kier alpha value is -4.26. The molecule has 0 saturated heterocycles. The van der Waals surface area contributed by atoms with Crippen molar-refractivity contribution in [1.82, 2.24) is 19.5 Å². The highest BCUT2D eigenvalue weighted by molar-refractivity contribution is 6.04. The molecule has 0 fully saturated rings. The van der Waals surface area contributed by atoms with Crippen molar-refractivity contribution < 1.29 is 9.18 Å². The number of anilines is 1. The molecule has 5 aromatic rings. The Morgan fingerprint density at radius 2 is 1.80 bits per heavy atom. The molecule has 2 aromatic heterocycles. The summed E-state index contributed by atoms with van der Waals surface area (Å²) in [6.07, 6.45) is 5.25. The van der Waals surface area contributed by atoms with Crippen molar-refractivity contribution in [3.63, 3.8) is 0 Å². The first-order chi connectivity index (χ1) is 14.7. The number of amides is 1. The Labute approximate surface area is 171 Å². The number of nitrogens with zero attached hydrogens (tertiary/aromatic N) is 3. The molecular weight excluding hydrogens is 381 g/mol. The number of fused-ring (bicyclic) bond motifs is 1. The molecule has 0 atom stereocenters. The normalized spacial score (nSPS) is 11.0. The van der Waals surface area contributed by atoms with Gasteiger partial charge in [-0.1, -0.05) is 0 Å². The van der Waals surface area contributed by atoms with Crippen LogP contribution in [-0.2, 0) is 0 Å². The van der Waals surface area contributed by atoms with Crippen LogP contribution in [0.1, 0.15) is 10.4 Å². The van der Waals surface area contributed by atoms with Gasteiger partial charge in [-0.15, -0.1) is 0 Å². The van der Waals surface area contributed by atoms with Crippen LogP contribution < -0.4 is 5.32 Å². The number of aromatic nitrogens is 4. The molecule has 7 heteroatoms. The predicted molar refractivity (Wildman–Crippen MR) is 113 cm³/mol. The second-order valence-corrected chi connectivity index (χ2v) is 6.80. The van der Waals surface area contributed by atoms with Crippen molar-refractivity contribution in [2.24, 2.45) is 0 Å². The number of H-pyrrole nitrogens is 1. The standard InChI is InChI=1S/C23H16FN5O/c24-17-5-10-20-21(13-17)28-22(27-20)15-1-6-18(7-2-15)26-23(30)16-3-8-19(9-4-16)29-12-11-25-14-29/h1-14H,(H,26,30)(H,27,28). The quantitative estimate of drug-likeness (QED) is 0.457. The zero-order valence-corrected chi connectivity index (χ0v) is 15.7. The van der Waals surface area contributed by atoms with Gasteiger partial charge >= 0.3 is 0 Å². The fraction of sp³-hybridized carbons (Fsp3) is 0. The molecule has 1 amide bonds. The largest absolute Gasteiger partial charge is 0.338 e. The zero-order chi connectivity index (χ0) is 20.5. The smallest absolute Gasteiger partial charge is 0.255 e. The topological polar surface area (TPSA) is 75.6 Å². The molecule has 3 aromatic carbocycles. The number of hydrogen-bond acceptors (Lipinski definition) is 3. The second kappa shape index (κ2) is 7.29. The van der Waals surface area contributed by atoms with Gasteiger partial charge in [-0.05, 0) is 66.7 Å². The maximum Gasteiger partial charge on any atom is 0.255 e. The van der Waals surface area contributed by atoms with Gasteiger partial charge in [0, 0.05) is 34.9 Å². The van der Waals surface area contributed by atoms with Crippen LogP contribution in [0.2, 0.25) is 0 Å². The summed E-state index contributed by atoms with van der Waals surface area (Å²) in [4.78, 5) is 24.1. The van der Waals surface area contributed by atoms with Crippen molar-refractivity contribution in [1.29, 1.82) is 0 Å². The van der Waals surface area contributed by atoms with E-state index in [-0.39, 0.29) is 11.7 Å². The summed E-state index contributed by atoms with van der Waals surface area (Å²) >= 11 is 0. The number of benzene rings is 3. The van der Waals surface area contributed by atoms with E-state index in [1.165, 1.54) is 12.1 Å². The molecule has 30 heavy (non-hydrogen) atoms. The van der Waals surface area contributed by atoms with E-state index in [4.69, 9.17) is 0 Å². The van der Waals surface area contributed by atoms with Crippen molar-refractivity contribution in [2.75, 3.05) is 5.32 Å². The fourth-order valence-electron chi connectivity index (χ4n) is 3.23. The fourth-order valence-corrected chi connectivity index (χ4v) is 3.23. The number of carbonyl (C=O) groups is 1. The third-order valence-electron chi connectivity index (χ3n) is 4.79. The molecular formula is C23H16FN5O. The van der Waals surface area contributed by atoms with E-state index < -0.39 is 0 Å². The summed E-state index contributed by atoms with van der Waals surface area (Å²) in [6, 6.07) is 19.0. The summed E-state index contributed by atoms with van der Waals surface area (Å²) in [5.41, 5.74) is 4.34. The summed E-state index contributed by atoms with van der Waals surface area (Å²) in [7, 11) is 0. The summed E-state index contributed by atoms with van der Waals surface area (Å²) < 4.78 is 15.2. The molecule has 146 valence electrons. The molecule has 2 N–H and O–H groups in total. The number of aromatic amines is 1. The van der Waals surface area contributed by atoms with E-state index >= 15 is 0 Å². The Morgan fingerprint density at radius 3 is 2.53 bits per heavy atom. The van der Waals surface area contributed by atoms with Crippen LogP contribution in [-0.4, -0.2) is 25.4 Å². The third-order valence-corrected chi connectivity index (χ3v) is 4.79. The summed E-state index contributed by atoms with van der Waals surface area (Å²) in [6.45, 7) is 0. The number of carbonyl (C=O) groups excluding carboxylic acids is 1. The van der Waals surface area contributed by atoms with Gasteiger partial charge in [-0.2, -0.15) is 0 Å². The van der Waals surface area contributed by atoms with Crippen LogP contribution in [0.15, 0.2) is 85.5 Å². The van der Waals surface area contributed by atoms with E-state index in [0.29, 0.717) is 28.1 Å². The lowest BCUT2D eigenvalue weighted by molar-refractivity contribution is 0.102. The van der Waals surface area contributed by atoms with Crippen LogP contribution in [0.3, 0.4) is 0 Å². The summed E-state index contributed by atoms with van der Waals surface area (Å²) in [5, 5.41) is 2.89. The first kappa shape index (κ1) is 17.8. The van der Waals surface area contributed by atoms with Crippen molar-refractivity contribution in [3.8, 4) is 17.1 Å². The van der Waals surface area contributed by atoms with E-state index in [1.54, 1.807) is 42.9 Å².